The Bertz CT molecular complexity index is 521. The number of rotatable bonds is 5. The van der Waals surface area contributed by atoms with E-state index < -0.39 is 0 Å². The Balaban J connectivity index is 2.29. The zero-order valence-electron chi connectivity index (χ0n) is 10.4. The normalized spacial score (nSPS) is 10.8. The zero-order chi connectivity index (χ0) is 13.0. The summed E-state index contributed by atoms with van der Waals surface area (Å²) >= 11 is 0. The Morgan fingerprint density at radius 3 is 2.61 bits per heavy atom. The maximum atomic E-state index is 13.6. The highest BCUT2D eigenvalue weighted by Gasteiger charge is 2.12. The van der Waals surface area contributed by atoms with Crippen LogP contribution in [-0.2, 0) is 19.5 Å². The Kier molecular flexibility index (Phi) is 4.04. The number of nitrogens with two attached hydrogens (primary N) is 1. The predicted octanol–water partition coefficient (Wildman–Crippen LogP) is 1.88. The molecule has 0 fully saturated rings. The lowest BCUT2D eigenvalue weighted by Crippen LogP contribution is -2.11. The lowest BCUT2D eigenvalue weighted by Gasteiger charge is -2.08. The molecule has 0 bridgehead atoms. The minimum absolute atomic E-state index is 0.210. The number of hydrogen-bond acceptors (Lipinski definition) is 3. The highest BCUT2D eigenvalue weighted by Crippen LogP contribution is 2.13. The van der Waals surface area contributed by atoms with E-state index in [2.05, 4.69) is 17.1 Å². The van der Waals surface area contributed by atoms with E-state index in [1.54, 1.807) is 12.1 Å². The summed E-state index contributed by atoms with van der Waals surface area (Å²) in [7, 11) is 0. The van der Waals surface area contributed by atoms with Crippen molar-refractivity contribution in [3.8, 4) is 0 Å². The van der Waals surface area contributed by atoms with Crippen molar-refractivity contribution in [3.05, 3.63) is 47.3 Å². The fourth-order valence-electron chi connectivity index (χ4n) is 1.95. The van der Waals surface area contributed by atoms with Gasteiger partial charge in [0.1, 0.15) is 17.5 Å². The SMILES string of the molecule is CCCn1c(CN)nnc1Cc1ccccc1F. The third-order valence-electron chi connectivity index (χ3n) is 2.84. The number of nitrogens with zero attached hydrogens (tertiary/aromatic N) is 3. The molecule has 0 aliphatic heterocycles. The van der Waals surface area contributed by atoms with E-state index in [1.807, 2.05) is 10.6 Å². The summed E-state index contributed by atoms with van der Waals surface area (Å²) in [5.74, 6) is 1.31. The van der Waals surface area contributed by atoms with E-state index in [4.69, 9.17) is 5.73 Å². The summed E-state index contributed by atoms with van der Waals surface area (Å²) in [6.45, 7) is 3.24. The van der Waals surface area contributed by atoms with Crippen LogP contribution >= 0.6 is 0 Å². The molecule has 0 spiro atoms. The van der Waals surface area contributed by atoms with Crippen LogP contribution in [0.5, 0.6) is 0 Å². The van der Waals surface area contributed by atoms with E-state index in [9.17, 15) is 4.39 Å². The lowest BCUT2D eigenvalue weighted by molar-refractivity contribution is 0.594. The number of hydrogen-bond donors (Lipinski definition) is 1. The second-order valence-corrected chi connectivity index (χ2v) is 4.16. The van der Waals surface area contributed by atoms with Gasteiger partial charge >= 0.3 is 0 Å². The minimum Gasteiger partial charge on any atom is -0.324 e. The van der Waals surface area contributed by atoms with Gasteiger partial charge in [-0.25, -0.2) is 4.39 Å². The van der Waals surface area contributed by atoms with Gasteiger partial charge in [-0.05, 0) is 18.1 Å². The number of aromatic nitrogens is 3. The Morgan fingerprint density at radius 1 is 1.22 bits per heavy atom. The molecule has 4 nitrogen and oxygen atoms in total. The van der Waals surface area contributed by atoms with Gasteiger partial charge in [0.2, 0.25) is 0 Å². The van der Waals surface area contributed by atoms with Crippen molar-refractivity contribution in [1.29, 1.82) is 0 Å². The van der Waals surface area contributed by atoms with Gasteiger partial charge in [0.25, 0.3) is 0 Å². The first-order valence-electron chi connectivity index (χ1n) is 6.10. The third-order valence-corrected chi connectivity index (χ3v) is 2.84. The Labute approximate surface area is 106 Å². The monoisotopic (exact) mass is 248 g/mol. The molecule has 0 saturated carbocycles. The van der Waals surface area contributed by atoms with E-state index in [0.717, 1.165) is 24.6 Å². The first-order chi connectivity index (χ1) is 8.76. The molecule has 96 valence electrons. The van der Waals surface area contributed by atoms with Gasteiger partial charge in [-0.15, -0.1) is 10.2 Å². The van der Waals surface area contributed by atoms with Crippen molar-refractivity contribution in [3.63, 3.8) is 0 Å². The molecule has 5 heteroatoms. The molecule has 0 amide bonds. The van der Waals surface area contributed by atoms with E-state index in [-0.39, 0.29) is 5.82 Å². The molecule has 1 aromatic carbocycles. The van der Waals surface area contributed by atoms with Crippen LogP contribution in [-0.4, -0.2) is 14.8 Å². The molecule has 0 atom stereocenters. The standard InChI is InChI=1S/C13H17FN4/c1-2-7-18-12(16-17-13(18)9-15)8-10-5-3-4-6-11(10)14/h3-6H,2,7-9,15H2,1H3. The number of halogens is 1. The molecule has 2 rings (SSSR count). The van der Waals surface area contributed by atoms with E-state index in [0.29, 0.717) is 18.5 Å². The molecular weight excluding hydrogens is 231 g/mol. The fraction of sp³-hybridized carbons (Fsp3) is 0.385. The maximum absolute atomic E-state index is 13.6. The van der Waals surface area contributed by atoms with Gasteiger partial charge in [-0.3, -0.25) is 0 Å². The van der Waals surface area contributed by atoms with Crippen LogP contribution in [0.25, 0.3) is 0 Å². The highest BCUT2D eigenvalue weighted by molar-refractivity contribution is 5.21. The molecule has 2 aromatic rings. The molecule has 0 aliphatic rings. The van der Waals surface area contributed by atoms with Crippen LogP contribution in [0.1, 0.15) is 30.6 Å². The third kappa shape index (κ3) is 2.56. The van der Waals surface area contributed by atoms with Crippen molar-refractivity contribution in [2.75, 3.05) is 0 Å². The first-order valence-corrected chi connectivity index (χ1v) is 6.10. The van der Waals surface area contributed by atoms with Crippen molar-refractivity contribution in [2.45, 2.75) is 32.9 Å². The first kappa shape index (κ1) is 12.7. The van der Waals surface area contributed by atoms with Crippen LogP contribution in [0.15, 0.2) is 24.3 Å². The van der Waals surface area contributed by atoms with Crippen molar-refractivity contribution in [1.82, 2.24) is 14.8 Å². The average Bonchev–Trinajstić information content (AvgIpc) is 2.75. The van der Waals surface area contributed by atoms with Gasteiger partial charge in [0, 0.05) is 13.0 Å². The zero-order valence-corrected chi connectivity index (χ0v) is 10.4. The summed E-state index contributed by atoms with van der Waals surface area (Å²) in [6, 6.07) is 6.73. The van der Waals surface area contributed by atoms with Gasteiger partial charge in [-0.1, -0.05) is 25.1 Å². The smallest absolute Gasteiger partial charge is 0.146 e. The summed E-state index contributed by atoms with van der Waals surface area (Å²) in [6.07, 6.45) is 1.41. The molecule has 0 radical (unpaired) electrons. The van der Waals surface area contributed by atoms with Crippen LogP contribution in [0.4, 0.5) is 4.39 Å². The van der Waals surface area contributed by atoms with Crippen molar-refractivity contribution < 1.29 is 4.39 Å². The van der Waals surface area contributed by atoms with Crippen LogP contribution in [0.2, 0.25) is 0 Å². The van der Waals surface area contributed by atoms with Gasteiger partial charge in [-0.2, -0.15) is 0 Å². The summed E-state index contributed by atoms with van der Waals surface area (Å²) in [4.78, 5) is 0. The van der Waals surface area contributed by atoms with Gasteiger partial charge < -0.3 is 10.3 Å². The molecule has 0 unspecified atom stereocenters. The quantitative estimate of drug-likeness (QED) is 0.879. The van der Waals surface area contributed by atoms with Crippen LogP contribution in [0.3, 0.4) is 0 Å². The van der Waals surface area contributed by atoms with E-state index >= 15 is 0 Å². The molecule has 18 heavy (non-hydrogen) atoms. The highest BCUT2D eigenvalue weighted by atomic mass is 19.1. The minimum atomic E-state index is -0.210. The molecule has 1 aromatic heterocycles. The number of benzene rings is 1. The summed E-state index contributed by atoms with van der Waals surface area (Å²) in [5.41, 5.74) is 6.25. The maximum Gasteiger partial charge on any atom is 0.146 e. The lowest BCUT2D eigenvalue weighted by atomic mass is 10.1. The van der Waals surface area contributed by atoms with Crippen molar-refractivity contribution in [2.24, 2.45) is 5.73 Å². The molecule has 0 saturated heterocycles. The van der Waals surface area contributed by atoms with Gasteiger partial charge in [0.15, 0.2) is 0 Å². The summed E-state index contributed by atoms with van der Waals surface area (Å²) in [5, 5.41) is 8.15. The molecule has 1 heterocycles. The topological polar surface area (TPSA) is 56.7 Å². The van der Waals surface area contributed by atoms with Crippen LogP contribution in [0, 0.1) is 5.82 Å². The van der Waals surface area contributed by atoms with Gasteiger partial charge in [0.05, 0.1) is 6.54 Å². The second-order valence-electron chi connectivity index (χ2n) is 4.16. The van der Waals surface area contributed by atoms with Crippen molar-refractivity contribution >= 4 is 0 Å². The fourth-order valence-corrected chi connectivity index (χ4v) is 1.95. The molecule has 2 N–H and O–H groups in total. The average molecular weight is 248 g/mol. The molecule has 0 aliphatic carbocycles. The summed E-state index contributed by atoms with van der Waals surface area (Å²) < 4.78 is 15.6. The predicted molar refractivity (Wildman–Crippen MR) is 67.4 cm³/mol. The second kappa shape index (κ2) is 5.73. The van der Waals surface area contributed by atoms with Crippen LogP contribution < -0.4 is 5.73 Å². The largest absolute Gasteiger partial charge is 0.324 e. The Hall–Kier alpha value is -1.75. The molecular formula is C13H17FN4. The van der Waals surface area contributed by atoms with E-state index in [1.165, 1.54) is 6.07 Å². The Morgan fingerprint density at radius 2 is 1.94 bits per heavy atom.